The molecule has 0 saturated carbocycles. The quantitative estimate of drug-likeness (QED) is 0.630. The molecule has 0 aromatic heterocycles. The van der Waals surface area contributed by atoms with Crippen molar-refractivity contribution in [1.82, 2.24) is 5.32 Å². The van der Waals surface area contributed by atoms with E-state index < -0.39 is 28.6 Å². The highest BCUT2D eigenvalue weighted by molar-refractivity contribution is 5.86. The summed E-state index contributed by atoms with van der Waals surface area (Å²) in [5.41, 5.74) is -2.59. The third-order valence-electron chi connectivity index (χ3n) is 3.14. The highest BCUT2D eigenvalue weighted by atomic mass is 16.6. The molecule has 0 bridgehead atoms. The minimum absolute atomic E-state index is 0.553. The Morgan fingerprint density at radius 2 is 1.58 bits per heavy atom. The first-order chi connectivity index (χ1) is 8.39. The molecular formula is C14H25NO4. The zero-order valence-electron chi connectivity index (χ0n) is 12.9. The molecule has 0 fully saturated rings. The van der Waals surface area contributed by atoms with E-state index in [-0.39, 0.29) is 0 Å². The van der Waals surface area contributed by atoms with E-state index >= 15 is 0 Å². The Hall–Kier alpha value is -1.52. The third kappa shape index (κ3) is 4.26. The van der Waals surface area contributed by atoms with Gasteiger partial charge in [-0.2, -0.15) is 0 Å². The second-order valence-electron chi connectivity index (χ2n) is 6.17. The second-order valence-corrected chi connectivity index (χ2v) is 6.17. The summed E-state index contributed by atoms with van der Waals surface area (Å²) in [5.74, 6) is -0.553. The fraction of sp³-hybridized carbons (Fsp3) is 0.714. The molecule has 19 heavy (non-hydrogen) atoms. The number of hydrogen-bond acceptors (Lipinski definition) is 4. The molecule has 0 spiro atoms. The van der Waals surface area contributed by atoms with E-state index in [1.165, 1.54) is 7.11 Å². The molecule has 0 saturated heterocycles. The van der Waals surface area contributed by atoms with Crippen LogP contribution in [0.4, 0.5) is 4.79 Å². The molecule has 0 aliphatic rings. The molecule has 1 amide bonds. The van der Waals surface area contributed by atoms with Crippen molar-refractivity contribution in [3.63, 3.8) is 0 Å². The van der Waals surface area contributed by atoms with Crippen LogP contribution < -0.4 is 5.32 Å². The van der Waals surface area contributed by atoms with E-state index in [2.05, 4.69) is 11.9 Å². The molecule has 5 nitrogen and oxygen atoms in total. The smallest absolute Gasteiger partial charge is 0.408 e. The molecule has 1 N–H and O–H groups in total. The van der Waals surface area contributed by atoms with Crippen molar-refractivity contribution < 1.29 is 19.1 Å². The first kappa shape index (κ1) is 17.5. The molecule has 0 heterocycles. The summed E-state index contributed by atoms with van der Waals surface area (Å²) in [5, 5.41) is 2.58. The van der Waals surface area contributed by atoms with Crippen LogP contribution in [0.15, 0.2) is 12.7 Å². The van der Waals surface area contributed by atoms with Crippen LogP contribution in [0, 0.1) is 5.41 Å². The molecule has 0 aromatic carbocycles. The van der Waals surface area contributed by atoms with Gasteiger partial charge in [0.25, 0.3) is 0 Å². The fourth-order valence-corrected chi connectivity index (χ4v) is 1.39. The van der Waals surface area contributed by atoms with Gasteiger partial charge in [0.2, 0.25) is 0 Å². The first-order valence-electron chi connectivity index (χ1n) is 6.13. The molecule has 0 aliphatic carbocycles. The van der Waals surface area contributed by atoms with E-state index in [4.69, 9.17) is 9.47 Å². The van der Waals surface area contributed by atoms with Crippen molar-refractivity contribution in [3.8, 4) is 0 Å². The summed E-state index contributed by atoms with van der Waals surface area (Å²) >= 11 is 0. The summed E-state index contributed by atoms with van der Waals surface area (Å²) in [6, 6.07) is 0. The largest absolute Gasteiger partial charge is 0.467 e. The minimum atomic E-state index is -1.26. The predicted octanol–water partition coefficient (Wildman–Crippen LogP) is 2.66. The monoisotopic (exact) mass is 271 g/mol. The van der Waals surface area contributed by atoms with Crippen LogP contribution in [0.5, 0.6) is 0 Å². The highest BCUT2D eigenvalue weighted by Crippen LogP contribution is 2.33. The van der Waals surface area contributed by atoms with E-state index in [9.17, 15) is 9.59 Å². The Labute approximate surface area is 115 Å². The summed E-state index contributed by atoms with van der Waals surface area (Å²) in [6.45, 7) is 14.1. The third-order valence-corrected chi connectivity index (χ3v) is 3.14. The number of nitrogens with one attached hydrogen (secondary N) is 1. The van der Waals surface area contributed by atoms with Crippen molar-refractivity contribution in [2.24, 2.45) is 5.41 Å². The molecule has 1 unspecified atom stereocenters. The van der Waals surface area contributed by atoms with Crippen LogP contribution in [-0.2, 0) is 14.3 Å². The van der Waals surface area contributed by atoms with Gasteiger partial charge in [-0.15, -0.1) is 6.58 Å². The average molecular weight is 271 g/mol. The van der Waals surface area contributed by atoms with Crippen LogP contribution in [0.2, 0.25) is 0 Å². The van der Waals surface area contributed by atoms with Crippen LogP contribution in [0.1, 0.15) is 41.5 Å². The first-order valence-corrected chi connectivity index (χ1v) is 6.13. The standard InChI is InChI=1S/C14H25NO4/c1-9-13(5,6)14(7,10(16)18-8)15-11(17)19-12(2,3)4/h9H,1H2,2-8H3,(H,15,17). The number of esters is 1. The molecule has 5 heteroatoms. The lowest BCUT2D eigenvalue weighted by atomic mass is 9.73. The van der Waals surface area contributed by atoms with Gasteiger partial charge in [0.05, 0.1) is 7.11 Å². The summed E-state index contributed by atoms with van der Waals surface area (Å²) in [6.07, 6.45) is 0.928. The van der Waals surface area contributed by atoms with Gasteiger partial charge in [-0.3, -0.25) is 0 Å². The summed E-state index contributed by atoms with van der Waals surface area (Å²) in [4.78, 5) is 23.9. The van der Waals surface area contributed by atoms with Gasteiger partial charge < -0.3 is 14.8 Å². The molecule has 110 valence electrons. The topological polar surface area (TPSA) is 64.6 Å². The second kappa shape index (κ2) is 5.63. The molecule has 0 radical (unpaired) electrons. The van der Waals surface area contributed by atoms with E-state index in [0.29, 0.717) is 0 Å². The number of methoxy groups -OCH3 is 1. The van der Waals surface area contributed by atoms with Crippen molar-refractivity contribution in [2.75, 3.05) is 7.11 Å². The number of amides is 1. The van der Waals surface area contributed by atoms with E-state index in [1.807, 2.05) is 0 Å². The Bertz CT molecular complexity index is 368. The van der Waals surface area contributed by atoms with Crippen molar-refractivity contribution in [1.29, 1.82) is 0 Å². The molecular weight excluding hydrogens is 246 g/mol. The van der Waals surface area contributed by atoms with E-state index in [1.54, 1.807) is 47.6 Å². The van der Waals surface area contributed by atoms with Gasteiger partial charge in [0.1, 0.15) is 11.1 Å². The minimum Gasteiger partial charge on any atom is -0.467 e. The lowest BCUT2D eigenvalue weighted by Crippen LogP contribution is -2.61. The number of hydrogen-bond donors (Lipinski definition) is 1. The number of rotatable bonds is 4. The molecule has 0 rings (SSSR count). The fourth-order valence-electron chi connectivity index (χ4n) is 1.39. The van der Waals surface area contributed by atoms with Crippen molar-refractivity contribution in [3.05, 3.63) is 12.7 Å². The van der Waals surface area contributed by atoms with Gasteiger partial charge in [0.15, 0.2) is 0 Å². The number of carbonyl (C=O) groups excluding carboxylic acids is 2. The number of alkyl carbamates (subject to hydrolysis) is 1. The van der Waals surface area contributed by atoms with Crippen LogP contribution >= 0.6 is 0 Å². The molecule has 1 atom stereocenters. The van der Waals surface area contributed by atoms with Gasteiger partial charge in [0, 0.05) is 5.41 Å². The number of carbonyl (C=O) groups is 2. The Kier molecular flexibility index (Phi) is 5.18. The van der Waals surface area contributed by atoms with Gasteiger partial charge >= 0.3 is 12.1 Å². The Balaban J connectivity index is 5.26. The maximum absolute atomic E-state index is 12.0. The van der Waals surface area contributed by atoms with Gasteiger partial charge in [-0.1, -0.05) is 19.9 Å². The van der Waals surface area contributed by atoms with Crippen LogP contribution in [-0.4, -0.2) is 30.3 Å². The zero-order chi connectivity index (χ0) is 15.5. The summed E-state index contributed by atoms with van der Waals surface area (Å²) in [7, 11) is 1.27. The maximum Gasteiger partial charge on any atom is 0.408 e. The SMILES string of the molecule is C=CC(C)(C)C(C)(NC(=O)OC(C)(C)C)C(=O)OC. The van der Waals surface area contributed by atoms with Gasteiger partial charge in [-0.25, -0.2) is 9.59 Å². The predicted molar refractivity (Wildman–Crippen MR) is 73.8 cm³/mol. The maximum atomic E-state index is 12.0. The zero-order valence-corrected chi connectivity index (χ0v) is 12.9. The van der Waals surface area contributed by atoms with Gasteiger partial charge in [-0.05, 0) is 27.7 Å². The number of ether oxygens (including phenoxy) is 2. The van der Waals surface area contributed by atoms with E-state index in [0.717, 1.165) is 0 Å². The lowest BCUT2D eigenvalue weighted by Gasteiger charge is -2.40. The summed E-state index contributed by atoms with van der Waals surface area (Å²) < 4.78 is 9.95. The lowest BCUT2D eigenvalue weighted by molar-refractivity contribution is -0.151. The molecule has 0 aliphatic heterocycles. The average Bonchev–Trinajstić information content (AvgIpc) is 2.24. The highest BCUT2D eigenvalue weighted by Gasteiger charge is 2.48. The Morgan fingerprint density at radius 3 is 1.89 bits per heavy atom. The molecule has 0 aromatic rings. The normalized spacial score (nSPS) is 15.1. The van der Waals surface area contributed by atoms with Crippen LogP contribution in [0.25, 0.3) is 0 Å². The van der Waals surface area contributed by atoms with Crippen LogP contribution in [0.3, 0.4) is 0 Å². The van der Waals surface area contributed by atoms with Crippen molar-refractivity contribution >= 4 is 12.1 Å². The Morgan fingerprint density at radius 1 is 1.11 bits per heavy atom. The van der Waals surface area contributed by atoms with Crippen molar-refractivity contribution in [2.45, 2.75) is 52.7 Å².